The van der Waals surface area contributed by atoms with E-state index in [0.29, 0.717) is 28.2 Å². The van der Waals surface area contributed by atoms with Crippen LogP contribution in [0, 0.1) is 0 Å². The van der Waals surface area contributed by atoms with Crippen LogP contribution in [-0.2, 0) is 11.2 Å². The summed E-state index contributed by atoms with van der Waals surface area (Å²) in [7, 11) is 0. The van der Waals surface area contributed by atoms with Gasteiger partial charge in [-0.2, -0.15) is 4.98 Å². The molecule has 0 unspecified atom stereocenters. The fourth-order valence-electron chi connectivity index (χ4n) is 1.39. The number of halogens is 1. The molecule has 0 spiro atoms. The summed E-state index contributed by atoms with van der Waals surface area (Å²) < 4.78 is 5.23. The van der Waals surface area contributed by atoms with Crippen molar-refractivity contribution in [2.75, 3.05) is 5.73 Å². The molecule has 0 atom stereocenters. The van der Waals surface area contributed by atoms with E-state index >= 15 is 0 Å². The quantitative estimate of drug-likeness (QED) is 0.687. The zero-order chi connectivity index (χ0) is 14.0. The van der Waals surface area contributed by atoms with Gasteiger partial charge in [0.05, 0.1) is 10.8 Å². The molecule has 1 heterocycles. The first kappa shape index (κ1) is 14.2. The van der Waals surface area contributed by atoms with E-state index in [1.807, 2.05) is 26.8 Å². The second-order valence-corrected chi connectivity index (χ2v) is 6.66. The smallest absolute Gasteiger partial charge is 0.237 e. The monoisotopic (exact) mass is 297 g/mol. The molecule has 0 saturated carbocycles. The molecule has 0 aliphatic heterocycles. The number of hydrogen-bond acceptors (Lipinski definition) is 5. The normalized spacial score (nSPS) is 11.8. The third kappa shape index (κ3) is 3.64. The minimum atomic E-state index is -0.110. The third-order valence-electron chi connectivity index (χ3n) is 2.45. The van der Waals surface area contributed by atoms with Crippen LogP contribution in [-0.4, -0.2) is 10.1 Å². The first-order valence-corrected chi connectivity index (χ1v) is 7.23. The van der Waals surface area contributed by atoms with Crippen molar-refractivity contribution in [2.45, 2.75) is 36.8 Å². The molecule has 0 aliphatic carbocycles. The van der Waals surface area contributed by atoms with Gasteiger partial charge in [-0.25, -0.2) is 0 Å². The van der Waals surface area contributed by atoms with Gasteiger partial charge in [0, 0.05) is 16.0 Å². The lowest BCUT2D eigenvalue weighted by Gasteiger charge is -2.10. The highest BCUT2D eigenvalue weighted by Gasteiger charge is 2.20. The summed E-state index contributed by atoms with van der Waals surface area (Å²) in [6.07, 6.45) is 0. The van der Waals surface area contributed by atoms with Crippen molar-refractivity contribution in [2.24, 2.45) is 0 Å². The maximum absolute atomic E-state index is 6.10. The van der Waals surface area contributed by atoms with Crippen molar-refractivity contribution in [3.8, 4) is 0 Å². The molecular weight excluding hydrogens is 282 g/mol. The van der Waals surface area contributed by atoms with Gasteiger partial charge in [0.25, 0.3) is 0 Å². The van der Waals surface area contributed by atoms with Gasteiger partial charge < -0.3 is 10.3 Å². The predicted molar refractivity (Wildman–Crippen MR) is 78.4 cm³/mol. The van der Waals surface area contributed by atoms with E-state index in [-0.39, 0.29) is 5.41 Å². The summed E-state index contributed by atoms with van der Waals surface area (Å²) in [5.74, 6) is 1.88. The topological polar surface area (TPSA) is 64.9 Å². The lowest BCUT2D eigenvalue weighted by molar-refractivity contribution is 0.373. The van der Waals surface area contributed by atoms with Crippen molar-refractivity contribution < 1.29 is 4.52 Å². The molecule has 0 radical (unpaired) electrons. The Morgan fingerprint density at radius 3 is 2.74 bits per heavy atom. The second kappa shape index (κ2) is 5.43. The van der Waals surface area contributed by atoms with Crippen LogP contribution >= 0.6 is 23.4 Å². The van der Waals surface area contributed by atoms with E-state index in [1.54, 1.807) is 12.1 Å². The maximum atomic E-state index is 6.10. The molecule has 102 valence electrons. The maximum Gasteiger partial charge on any atom is 0.237 e. The Kier molecular flexibility index (Phi) is 4.06. The van der Waals surface area contributed by atoms with Crippen LogP contribution in [0.1, 0.15) is 32.5 Å². The Bertz CT molecular complexity index is 578. The first-order chi connectivity index (χ1) is 8.86. The molecular formula is C13H16ClN3OS. The number of aromatic nitrogens is 2. The standard InChI is InChI=1S/C13H16ClN3OS/c1-13(2,3)12-16-11(18-17-12)7-19-10-6-8(15)4-5-9(10)14/h4-6H,7,15H2,1-3H3. The molecule has 2 aromatic rings. The van der Waals surface area contributed by atoms with Crippen LogP contribution in [0.5, 0.6) is 0 Å². The van der Waals surface area contributed by atoms with E-state index in [2.05, 4.69) is 10.1 Å². The molecule has 0 saturated heterocycles. The van der Waals surface area contributed by atoms with Crippen molar-refractivity contribution in [1.82, 2.24) is 10.1 Å². The number of hydrogen-bond donors (Lipinski definition) is 1. The molecule has 0 aliphatic rings. The predicted octanol–water partition coefficient (Wildman–Crippen LogP) is 3.90. The number of thioether (sulfide) groups is 1. The van der Waals surface area contributed by atoms with Gasteiger partial charge in [-0.1, -0.05) is 37.5 Å². The highest BCUT2D eigenvalue weighted by molar-refractivity contribution is 7.98. The number of nitrogens with zero attached hydrogens (tertiary/aromatic N) is 2. The molecule has 19 heavy (non-hydrogen) atoms. The summed E-state index contributed by atoms with van der Waals surface area (Å²) in [5.41, 5.74) is 6.31. The van der Waals surface area contributed by atoms with Crippen molar-refractivity contribution in [3.63, 3.8) is 0 Å². The Hall–Kier alpha value is -1.20. The van der Waals surface area contributed by atoms with Crippen LogP contribution < -0.4 is 5.73 Å². The fraction of sp³-hybridized carbons (Fsp3) is 0.385. The van der Waals surface area contributed by atoms with E-state index in [4.69, 9.17) is 21.9 Å². The van der Waals surface area contributed by atoms with Crippen molar-refractivity contribution in [1.29, 1.82) is 0 Å². The Morgan fingerprint density at radius 2 is 2.11 bits per heavy atom. The second-order valence-electron chi connectivity index (χ2n) is 5.24. The SMILES string of the molecule is CC(C)(C)c1noc(CSc2cc(N)ccc2Cl)n1. The largest absolute Gasteiger partial charge is 0.399 e. The van der Waals surface area contributed by atoms with Crippen LogP contribution in [0.4, 0.5) is 5.69 Å². The summed E-state index contributed by atoms with van der Waals surface area (Å²) in [4.78, 5) is 5.29. The van der Waals surface area contributed by atoms with Crippen LogP contribution in [0.2, 0.25) is 5.02 Å². The number of rotatable bonds is 3. The summed E-state index contributed by atoms with van der Waals surface area (Å²) in [6, 6.07) is 5.40. The molecule has 2 rings (SSSR count). The lowest BCUT2D eigenvalue weighted by Crippen LogP contribution is -2.13. The number of nitrogen functional groups attached to an aromatic ring is 1. The average Bonchev–Trinajstić information content (AvgIpc) is 2.79. The molecule has 1 aromatic heterocycles. The molecule has 6 heteroatoms. The van der Waals surface area contributed by atoms with E-state index in [1.165, 1.54) is 11.8 Å². The summed E-state index contributed by atoms with van der Waals surface area (Å²) >= 11 is 7.63. The molecule has 0 amide bonds. The zero-order valence-electron chi connectivity index (χ0n) is 11.1. The first-order valence-electron chi connectivity index (χ1n) is 5.87. The molecule has 0 fully saturated rings. The van der Waals surface area contributed by atoms with Crippen LogP contribution in [0.3, 0.4) is 0 Å². The highest BCUT2D eigenvalue weighted by atomic mass is 35.5. The Balaban J connectivity index is 2.06. The van der Waals surface area contributed by atoms with Gasteiger partial charge >= 0.3 is 0 Å². The van der Waals surface area contributed by atoms with E-state index < -0.39 is 0 Å². The van der Waals surface area contributed by atoms with Gasteiger partial charge in [-0.05, 0) is 18.2 Å². The number of nitrogens with two attached hydrogens (primary N) is 1. The number of anilines is 1. The highest BCUT2D eigenvalue weighted by Crippen LogP contribution is 2.31. The Labute approximate surface area is 121 Å². The lowest BCUT2D eigenvalue weighted by atomic mass is 9.96. The van der Waals surface area contributed by atoms with Gasteiger partial charge in [-0.15, -0.1) is 11.8 Å². The molecule has 4 nitrogen and oxygen atoms in total. The minimum Gasteiger partial charge on any atom is -0.399 e. The third-order valence-corrected chi connectivity index (χ3v) is 3.93. The van der Waals surface area contributed by atoms with Crippen molar-refractivity contribution >= 4 is 29.1 Å². The summed E-state index contributed by atoms with van der Waals surface area (Å²) in [5, 5.41) is 4.66. The zero-order valence-corrected chi connectivity index (χ0v) is 12.7. The minimum absolute atomic E-state index is 0.110. The van der Waals surface area contributed by atoms with Crippen molar-refractivity contribution in [3.05, 3.63) is 34.9 Å². The Morgan fingerprint density at radius 1 is 1.37 bits per heavy atom. The molecule has 2 N–H and O–H groups in total. The molecule has 1 aromatic carbocycles. The summed E-state index contributed by atoms with van der Waals surface area (Å²) in [6.45, 7) is 6.14. The van der Waals surface area contributed by atoms with Gasteiger partial charge in [0.15, 0.2) is 5.82 Å². The fourth-order valence-corrected chi connectivity index (χ4v) is 2.49. The molecule has 0 bridgehead atoms. The van der Waals surface area contributed by atoms with Gasteiger partial charge in [-0.3, -0.25) is 0 Å². The number of benzene rings is 1. The van der Waals surface area contributed by atoms with Gasteiger partial charge in [0.2, 0.25) is 5.89 Å². The van der Waals surface area contributed by atoms with E-state index in [0.717, 1.165) is 4.90 Å². The van der Waals surface area contributed by atoms with Gasteiger partial charge in [0.1, 0.15) is 0 Å². The average molecular weight is 298 g/mol. The van der Waals surface area contributed by atoms with E-state index in [9.17, 15) is 0 Å². The van der Waals surface area contributed by atoms with Crippen LogP contribution in [0.15, 0.2) is 27.6 Å². The van der Waals surface area contributed by atoms with Crippen LogP contribution in [0.25, 0.3) is 0 Å².